The van der Waals surface area contributed by atoms with Crippen molar-refractivity contribution in [3.8, 4) is 5.75 Å². The Bertz CT molecular complexity index is 1170. The summed E-state index contributed by atoms with van der Waals surface area (Å²) < 4.78 is 30.9. The highest BCUT2D eigenvalue weighted by Gasteiger charge is 2.27. The summed E-state index contributed by atoms with van der Waals surface area (Å²) in [5, 5.41) is 1.14. The summed E-state index contributed by atoms with van der Waals surface area (Å²) in [7, 11) is -1.59. The Morgan fingerprint density at radius 1 is 1.25 bits per heavy atom. The van der Waals surface area contributed by atoms with Crippen LogP contribution in [0.2, 0.25) is 0 Å². The van der Waals surface area contributed by atoms with Gasteiger partial charge in [-0.25, -0.2) is 23.1 Å². The number of sulfonamides is 1. The van der Waals surface area contributed by atoms with Gasteiger partial charge in [-0.3, -0.25) is 4.90 Å². The first kappa shape index (κ1) is 22.5. The van der Waals surface area contributed by atoms with E-state index >= 15 is 0 Å². The SMILES string of the molecule is CCC(c1c[nH]c2ccc(CNS(C)(=O)=O)cc12)N1CCN(c2ncncc2OC)CC1. The van der Waals surface area contributed by atoms with Gasteiger partial charge >= 0.3 is 0 Å². The molecular weight excluding hydrogens is 428 g/mol. The van der Waals surface area contributed by atoms with Crippen molar-refractivity contribution in [1.82, 2.24) is 24.6 Å². The zero-order valence-electron chi connectivity index (χ0n) is 18.7. The minimum Gasteiger partial charge on any atom is -0.491 e. The Kier molecular flexibility index (Phi) is 6.63. The number of H-pyrrole nitrogens is 1. The van der Waals surface area contributed by atoms with Gasteiger partial charge in [-0.15, -0.1) is 0 Å². The molecule has 1 atom stereocenters. The minimum atomic E-state index is -3.23. The molecule has 1 fully saturated rings. The van der Waals surface area contributed by atoms with Crippen LogP contribution >= 0.6 is 0 Å². The molecule has 0 amide bonds. The molecule has 4 rings (SSSR count). The van der Waals surface area contributed by atoms with Crippen molar-refractivity contribution in [2.24, 2.45) is 0 Å². The zero-order valence-corrected chi connectivity index (χ0v) is 19.5. The van der Waals surface area contributed by atoms with E-state index in [1.54, 1.807) is 19.6 Å². The molecule has 0 aliphatic carbocycles. The van der Waals surface area contributed by atoms with Gasteiger partial charge in [-0.1, -0.05) is 13.0 Å². The van der Waals surface area contributed by atoms with Crippen LogP contribution in [0, 0.1) is 0 Å². The Morgan fingerprint density at radius 3 is 2.72 bits per heavy atom. The van der Waals surface area contributed by atoms with Crippen molar-refractivity contribution < 1.29 is 13.2 Å². The molecule has 1 aromatic carbocycles. The van der Waals surface area contributed by atoms with Crippen LogP contribution in [0.4, 0.5) is 5.82 Å². The number of ether oxygens (including phenoxy) is 1. The first-order valence-electron chi connectivity index (χ1n) is 10.8. The lowest BCUT2D eigenvalue weighted by Gasteiger charge is -2.39. The summed E-state index contributed by atoms with van der Waals surface area (Å²) in [6.45, 7) is 6.03. The second-order valence-electron chi connectivity index (χ2n) is 8.08. The van der Waals surface area contributed by atoms with Crippen LogP contribution in [0.1, 0.15) is 30.5 Å². The first-order chi connectivity index (χ1) is 15.4. The van der Waals surface area contributed by atoms with E-state index in [-0.39, 0.29) is 12.6 Å². The van der Waals surface area contributed by atoms with Crippen LogP contribution in [0.3, 0.4) is 0 Å². The summed E-state index contributed by atoms with van der Waals surface area (Å²) in [5.41, 5.74) is 3.25. The maximum Gasteiger partial charge on any atom is 0.209 e. The van der Waals surface area contributed by atoms with Gasteiger partial charge in [0.05, 0.1) is 19.6 Å². The van der Waals surface area contributed by atoms with Gasteiger partial charge in [0.1, 0.15) is 6.33 Å². The van der Waals surface area contributed by atoms with E-state index in [0.29, 0.717) is 5.75 Å². The van der Waals surface area contributed by atoms with Gasteiger partial charge < -0.3 is 14.6 Å². The predicted octanol–water partition coefficient (Wildman–Crippen LogP) is 2.29. The molecule has 1 saturated heterocycles. The monoisotopic (exact) mass is 458 g/mol. The average Bonchev–Trinajstić information content (AvgIpc) is 3.21. The van der Waals surface area contributed by atoms with Gasteiger partial charge in [-0.2, -0.15) is 0 Å². The Balaban J connectivity index is 1.51. The average molecular weight is 459 g/mol. The lowest BCUT2D eigenvalue weighted by Crippen LogP contribution is -2.48. The number of benzene rings is 1. The van der Waals surface area contributed by atoms with Crippen molar-refractivity contribution in [3.05, 3.63) is 48.0 Å². The van der Waals surface area contributed by atoms with E-state index in [1.807, 2.05) is 12.1 Å². The van der Waals surface area contributed by atoms with Gasteiger partial charge in [0.2, 0.25) is 10.0 Å². The lowest BCUT2D eigenvalue weighted by molar-refractivity contribution is 0.181. The second-order valence-corrected chi connectivity index (χ2v) is 9.91. The molecule has 32 heavy (non-hydrogen) atoms. The number of methoxy groups -OCH3 is 1. The molecule has 1 aliphatic rings. The molecule has 0 radical (unpaired) electrons. The minimum absolute atomic E-state index is 0.274. The number of nitrogens with one attached hydrogen (secondary N) is 2. The molecule has 1 aliphatic heterocycles. The van der Waals surface area contributed by atoms with E-state index in [4.69, 9.17) is 4.74 Å². The van der Waals surface area contributed by atoms with Crippen molar-refractivity contribution >= 4 is 26.7 Å². The van der Waals surface area contributed by atoms with Gasteiger partial charge in [0.15, 0.2) is 11.6 Å². The third-order valence-corrected chi connectivity index (χ3v) is 6.66. The lowest BCUT2D eigenvalue weighted by atomic mass is 9.99. The summed E-state index contributed by atoms with van der Waals surface area (Å²) in [6, 6.07) is 6.33. The molecule has 2 N–H and O–H groups in total. The summed E-state index contributed by atoms with van der Waals surface area (Å²) in [4.78, 5) is 16.6. The van der Waals surface area contributed by atoms with Crippen molar-refractivity contribution in [2.75, 3.05) is 44.4 Å². The highest BCUT2D eigenvalue weighted by molar-refractivity contribution is 7.88. The number of hydrogen-bond acceptors (Lipinski definition) is 7. The Morgan fingerprint density at radius 2 is 2.03 bits per heavy atom. The van der Waals surface area contributed by atoms with E-state index < -0.39 is 10.0 Å². The Labute approximate surface area is 188 Å². The fraction of sp³-hybridized carbons (Fsp3) is 0.455. The van der Waals surface area contributed by atoms with Gasteiger partial charge in [-0.05, 0) is 29.7 Å². The maximum atomic E-state index is 11.5. The van der Waals surface area contributed by atoms with Crippen LogP contribution in [0.5, 0.6) is 5.75 Å². The molecule has 10 heteroatoms. The number of fused-ring (bicyclic) bond motifs is 1. The summed E-state index contributed by atoms with van der Waals surface area (Å²) >= 11 is 0. The van der Waals surface area contributed by atoms with Crippen LogP contribution in [0.15, 0.2) is 36.9 Å². The Hall–Kier alpha value is -2.69. The van der Waals surface area contributed by atoms with Crippen molar-refractivity contribution in [3.63, 3.8) is 0 Å². The van der Waals surface area contributed by atoms with Crippen LogP contribution in [0.25, 0.3) is 10.9 Å². The van der Waals surface area contributed by atoms with E-state index in [0.717, 1.165) is 54.9 Å². The normalized spacial score (nSPS) is 16.4. The molecule has 9 nitrogen and oxygen atoms in total. The zero-order chi connectivity index (χ0) is 22.7. The highest BCUT2D eigenvalue weighted by Crippen LogP contribution is 2.33. The second kappa shape index (κ2) is 9.43. The third-order valence-electron chi connectivity index (χ3n) is 6.00. The molecule has 3 heterocycles. The molecule has 3 aromatic rings. The van der Waals surface area contributed by atoms with Crippen molar-refractivity contribution in [1.29, 1.82) is 0 Å². The number of rotatable bonds is 8. The highest BCUT2D eigenvalue weighted by atomic mass is 32.2. The first-order valence-corrected chi connectivity index (χ1v) is 12.7. The topological polar surface area (TPSA) is 103 Å². The van der Waals surface area contributed by atoms with Crippen LogP contribution in [-0.4, -0.2) is 67.8 Å². The number of hydrogen-bond donors (Lipinski definition) is 2. The smallest absolute Gasteiger partial charge is 0.209 e. The van der Waals surface area contributed by atoms with E-state index in [9.17, 15) is 8.42 Å². The van der Waals surface area contributed by atoms with E-state index in [2.05, 4.69) is 48.7 Å². The molecule has 2 aromatic heterocycles. The molecule has 0 saturated carbocycles. The van der Waals surface area contributed by atoms with Gasteiger partial charge in [0, 0.05) is 55.9 Å². The summed E-state index contributed by atoms with van der Waals surface area (Å²) in [6.07, 6.45) is 7.51. The standard InChI is InChI=1S/C22H30N6O3S/c1-4-20(27-7-9-28(10-8-27)22-21(31-2)14-23-15-25-22)18-13-24-19-6-5-16(11-17(18)19)12-26-32(3,29)30/h5-6,11,13-15,20,24,26H,4,7-10,12H2,1-3H3. The maximum absolute atomic E-state index is 11.5. The molecule has 0 bridgehead atoms. The molecule has 172 valence electrons. The number of aromatic nitrogens is 3. The van der Waals surface area contributed by atoms with Crippen LogP contribution in [-0.2, 0) is 16.6 Å². The number of anilines is 1. The third kappa shape index (κ3) is 4.87. The largest absolute Gasteiger partial charge is 0.491 e. The summed E-state index contributed by atoms with van der Waals surface area (Å²) in [5.74, 6) is 1.53. The van der Waals surface area contributed by atoms with Crippen molar-refractivity contribution in [2.45, 2.75) is 25.9 Å². The molecule has 1 unspecified atom stereocenters. The number of piperazine rings is 1. The fourth-order valence-corrected chi connectivity index (χ4v) is 4.83. The van der Waals surface area contributed by atoms with Crippen LogP contribution < -0.4 is 14.4 Å². The van der Waals surface area contributed by atoms with Gasteiger partial charge in [0.25, 0.3) is 0 Å². The predicted molar refractivity (Wildman–Crippen MR) is 125 cm³/mol. The number of nitrogens with zero attached hydrogens (tertiary/aromatic N) is 4. The molecule has 0 spiro atoms. The quantitative estimate of drug-likeness (QED) is 0.534. The molecular formula is C22H30N6O3S. The van der Waals surface area contributed by atoms with E-state index in [1.165, 1.54) is 11.8 Å². The fourth-order valence-electron chi connectivity index (χ4n) is 4.40. The number of aromatic amines is 1.